The Kier molecular flexibility index (Phi) is 11.3. The van der Waals surface area contributed by atoms with Crippen LogP contribution in [0.25, 0.3) is 28.3 Å². The van der Waals surface area contributed by atoms with E-state index in [1.165, 1.54) is 6.33 Å². The van der Waals surface area contributed by atoms with Gasteiger partial charge >= 0.3 is 57.1 Å². The molecule has 0 spiro atoms. The van der Waals surface area contributed by atoms with Gasteiger partial charge in [0, 0.05) is 23.6 Å². The Morgan fingerprint density at radius 1 is 1.04 bits per heavy atom. The molecule has 0 bridgehead atoms. The van der Waals surface area contributed by atoms with Crippen molar-refractivity contribution in [1.29, 1.82) is 0 Å². The molecule has 3 aromatic heterocycles. The van der Waals surface area contributed by atoms with E-state index in [2.05, 4.69) is 27.1 Å². The summed E-state index contributed by atoms with van der Waals surface area (Å²) in [6.45, 7) is 6.17. The molecular weight excluding hydrogens is 612 g/mol. The number of rotatable bonds is 11. The molecule has 0 radical (unpaired) electrons. The van der Waals surface area contributed by atoms with Crippen LogP contribution in [0.4, 0.5) is 0 Å². The first kappa shape index (κ1) is 34.6. The van der Waals surface area contributed by atoms with Crippen LogP contribution in [0.2, 0.25) is 0 Å². The van der Waals surface area contributed by atoms with Crippen LogP contribution in [-0.2, 0) is 17.6 Å². The Bertz CT molecular complexity index is 1880. The van der Waals surface area contributed by atoms with E-state index in [0.29, 0.717) is 37.5 Å². The molecule has 1 fully saturated rings. The standard InChI is InChI=1S/C34H40N6O5.K.H/c1-4-8-29-28(19-22-11-13-23(14-12-22)26-9-6-7-10-27(26)30-37-33(42)45-38-30)31(41)39(32-35-21-36-40(29)32)24-15-17-25(18-16-24)44-20-34(3,43)5-2;;/h6-7,9-14,21,24-25,43H,4-5,8,15-20H2,1-3H3,(H,37,38,42);;/t24-,25-,34?;;. The molecule has 0 aliphatic heterocycles. The van der Waals surface area contributed by atoms with Gasteiger partial charge in [0.15, 0.2) is 5.82 Å². The van der Waals surface area contributed by atoms with E-state index in [0.717, 1.165) is 65.6 Å². The molecule has 2 N–H and O–H groups in total. The van der Waals surface area contributed by atoms with Crippen LogP contribution in [0, 0.1) is 0 Å². The zero-order valence-electron chi connectivity index (χ0n) is 26.0. The van der Waals surface area contributed by atoms with Crippen LogP contribution < -0.4 is 11.3 Å². The summed E-state index contributed by atoms with van der Waals surface area (Å²) in [7, 11) is 0. The molecule has 46 heavy (non-hydrogen) atoms. The molecule has 1 aliphatic carbocycles. The summed E-state index contributed by atoms with van der Waals surface area (Å²) in [5.41, 5.74) is 4.42. The number of aromatic nitrogens is 6. The number of benzene rings is 2. The SMILES string of the molecule is CCCc1c(Cc2ccc(-c3ccccc3-c3noc(=O)[nH]3)cc2)c(=O)n([C@H]2CC[C@H](OCC(C)(O)CC)CC2)c2ncnn12.[KH]. The van der Waals surface area contributed by atoms with E-state index in [4.69, 9.17) is 9.26 Å². The topological polar surface area (TPSA) is 141 Å². The van der Waals surface area contributed by atoms with E-state index >= 15 is 0 Å². The number of hydrogen-bond donors (Lipinski definition) is 2. The second kappa shape index (κ2) is 15.0. The first-order valence-electron chi connectivity index (χ1n) is 15.8. The minimum absolute atomic E-state index is 0. The fraction of sp³-hybridized carbons (Fsp3) is 0.441. The van der Waals surface area contributed by atoms with Gasteiger partial charge < -0.3 is 9.84 Å². The summed E-state index contributed by atoms with van der Waals surface area (Å²) >= 11 is 0. The molecule has 6 rings (SSSR count). The zero-order chi connectivity index (χ0) is 31.6. The van der Waals surface area contributed by atoms with Crippen molar-refractivity contribution in [2.24, 2.45) is 0 Å². The van der Waals surface area contributed by atoms with Gasteiger partial charge in [0.25, 0.3) is 5.56 Å². The third-order valence-corrected chi connectivity index (χ3v) is 8.98. The van der Waals surface area contributed by atoms with E-state index in [1.54, 1.807) is 6.92 Å². The fourth-order valence-corrected chi connectivity index (χ4v) is 6.24. The summed E-state index contributed by atoms with van der Waals surface area (Å²) in [5.74, 6) is 0.359. The van der Waals surface area contributed by atoms with E-state index in [-0.39, 0.29) is 69.1 Å². The Labute approximate surface area is 309 Å². The first-order valence-corrected chi connectivity index (χ1v) is 15.8. The van der Waals surface area contributed by atoms with Crippen molar-refractivity contribution >= 4 is 57.2 Å². The first-order chi connectivity index (χ1) is 21.8. The molecule has 1 atom stereocenters. The number of aromatic amines is 1. The van der Waals surface area contributed by atoms with Gasteiger partial charge in [0.05, 0.1) is 24.0 Å². The number of nitrogens with zero attached hydrogens (tertiary/aromatic N) is 5. The molecule has 1 unspecified atom stereocenters. The summed E-state index contributed by atoms with van der Waals surface area (Å²) < 4.78 is 14.5. The predicted octanol–water partition coefficient (Wildman–Crippen LogP) is 4.46. The number of aliphatic hydroxyl groups is 1. The third-order valence-electron chi connectivity index (χ3n) is 8.98. The number of nitrogens with one attached hydrogen (secondary N) is 1. The maximum atomic E-state index is 14.3. The monoisotopic (exact) mass is 652 g/mol. The zero-order valence-corrected chi connectivity index (χ0v) is 26.0. The summed E-state index contributed by atoms with van der Waals surface area (Å²) in [4.78, 5) is 33.1. The molecule has 1 aliphatic rings. The maximum absolute atomic E-state index is 14.3. The number of H-pyrrole nitrogens is 1. The Hall–Kier alpha value is -2.71. The van der Waals surface area contributed by atoms with Crippen LogP contribution in [0.15, 0.2) is 69.0 Å². The van der Waals surface area contributed by atoms with Gasteiger partial charge in [0.2, 0.25) is 5.78 Å². The molecule has 0 saturated heterocycles. The van der Waals surface area contributed by atoms with Gasteiger partial charge in [-0.2, -0.15) is 10.1 Å². The van der Waals surface area contributed by atoms with Crippen molar-refractivity contribution in [3.63, 3.8) is 0 Å². The van der Waals surface area contributed by atoms with Gasteiger partial charge in [-0.3, -0.25) is 18.9 Å². The van der Waals surface area contributed by atoms with Gasteiger partial charge in [-0.15, -0.1) is 0 Å². The Balaban J connectivity index is 0.00000417. The molecule has 238 valence electrons. The molecule has 3 heterocycles. The van der Waals surface area contributed by atoms with Crippen molar-refractivity contribution in [2.45, 2.75) is 89.9 Å². The quantitative estimate of drug-likeness (QED) is 0.200. The van der Waals surface area contributed by atoms with E-state index in [1.807, 2.05) is 64.5 Å². The van der Waals surface area contributed by atoms with Crippen molar-refractivity contribution in [3.05, 3.63) is 92.6 Å². The average Bonchev–Trinajstić information content (AvgIpc) is 3.72. The number of ether oxygens (including phenoxy) is 1. The van der Waals surface area contributed by atoms with Crippen molar-refractivity contribution in [3.8, 4) is 22.5 Å². The van der Waals surface area contributed by atoms with Crippen molar-refractivity contribution in [1.82, 2.24) is 29.3 Å². The average molecular weight is 653 g/mol. The fourth-order valence-electron chi connectivity index (χ4n) is 6.24. The van der Waals surface area contributed by atoms with E-state index < -0.39 is 11.4 Å². The van der Waals surface area contributed by atoms with Gasteiger partial charge in [0.1, 0.15) is 6.33 Å². The normalized spacial score (nSPS) is 17.9. The second-order valence-corrected chi connectivity index (χ2v) is 12.3. The molecule has 2 aromatic carbocycles. The van der Waals surface area contributed by atoms with Gasteiger partial charge in [-0.1, -0.05) is 74.0 Å². The van der Waals surface area contributed by atoms with E-state index in [9.17, 15) is 14.7 Å². The second-order valence-electron chi connectivity index (χ2n) is 12.3. The molecule has 11 nitrogen and oxygen atoms in total. The van der Waals surface area contributed by atoms with Crippen LogP contribution in [0.5, 0.6) is 0 Å². The molecular formula is C34H41KN6O5. The molecule has 0 amide bonds. The van der Waals surface area contributed by atoms with Crippen LogP contribution >= 0.6 is 0 Å². The van der Waals surface area contributed by atoms with Gasteiger partial charge in [-0.05, 0) is 62.1 Å². The summed E-state index contributed by atoms with van der Waals surface area (Å²) in [6, 6.07) is 15.8. The number of aryl methyl sites for hydroxylation is 1. The van der Waals surface area contributed by atoms with Crippen molar-refractivity contribution < 1.29 is 14.4 Å². The number of fused-ring (bicyclic) bond motifs is 1. The predicted molar refractivity (Wildman–Crippen MR) is 177 cm³/mol. The Morgan fingerprint density at radius 2 is 1.76 bits per heavy atom. The number of hydrogen-bond acceptors (Lipinski definition) is 8. The summed E-state index contributed by atoms with van der Waals surface area (Å²) in [5, 5.41) is 18.8. The van der Waals surface area contributed by atoms with Crippen LogP contribution in [0.1, 0.15) is 82.2 Å². The van der Waals surface area contributed by atoms with Crippen molar-refractivity contribution in [2.75, 3.05) is 6.61 Å². The molecule has 12 heteroatoms. The Morgan fingerprint density at radius 3 is 2.41 bits per heavy atom. The van der Waals surface area contributed by atoms with Crippen LogP contribution in [-0.4, -0.2) is 104 Å². The van der Waals surface area contributed by atoms with Gasteiger partial charge in [-0.25, -0.2) is 9.31 Å². The third kappa shape index (κ3) is 7.38. The molecule has 5 aromatic rings. The minimum atomic E-state index is -0.829. The van der Waals surface area contributed by atoms with Crippen LogP contribution in [0.3, 0.4) is 0 Å². The summed E-state index contributed by atoms with van der Waals surface area (Å²) in [6.07, 6.45) is 7.49. The molecule has 1 saturated carbocycles.